The average Bonchev–Trinajstić information content (AvgIpc) is 3.54. The lowest BCUT2D eigenvalue weighted by molar-refractivity contribution is 0.0739. The van der Waals surface area contributed by atoms with Gasteiger partial charge in [0.25, 0.3) is 5.91 Å². The first kappa shape index (κ1) is 22.4. The monoisotopic (exact) mass is 464 g/mol. The number of rotatable bonds is 8. The highest BCUT2D eigenvalue weighted by molar-refractivity contribution is 7.13. The van der Waals surface area contributed by atoms with Crippen LogP contribution in [0.3, 0.4) is 0 Å². The highest BCUT2D eigenvalue weighted by atomic mass is 32.1. The van der Waals surface area contributed by atoms with Crippen molar-refractivity contribution in [2.75, 3.05) is 17.6 Å². The molecule has 1 amide bonds. The highest BCUT2D eigenvalue weighted by Gasteiger charge is 2.17. The van der Waals surface area contributed by atoms with E-state index < -0.39 is 5.60 Å². The number of aromatic nitrogens is 3. The topological polar surface area (TPSA) is 142 Å². The first-order valence-corrected chi connectivity index (χ1v) is 11.1. The minimum absolute atomic E-state index is 0.292. The van der Waals surface area contributed by atoms with Crippen LogP contribution < -0.4 is 11.1 Å². The molecular formula is C23H24N6O3S. The first-order chi connectivity index (χ1) is 15.8. The van der Waals surface area contributed by atoms with Crippen LogP contribution in [0.25, 0.3) is 21.8 Å². The van der Waals surface area contributed by atoms with Gasteiger partial charge in [-0.2, -0.15) is 5.10 Å². The molecule has 0 bridgehead atoms. The molecular weight excluding hydrogens is 440 g/mol. The molecule has 0 unspecified atom stereocenters. The number of nitrogens with two attached hydrogens (primary N) is 1. The Morgan fingerprint density at radius 1 is 1.39 bits per heavy atom. The van der Waals surface area contributed by atoms with E-state index >= 15 is 0 Å². The predicted octanol–water partition coefficient (Wildman–Crippen LogP) is 4.21. The number of benzene rings is 1. The molecule has 170 valence electrons. The Kier molecular flexibility index (Phi) is 6.38. The molecule has 0 saturated carbocycles. The van der Waals surface area contributed by atoms with Crippen LogP contribution in [0.15, 0.2) is 57.8 Å². The van der Waals surface area contributed by atoms with Crippen molar-refractivity contribution in [3.8, 4) is 21.8 Å². The van der Waals surface area contributed by atoms with E-state index in [1.165, 1.54) is 11.3 Å². The van der Waals surface area contributed by atoms with Gasteiger partial charge in [-0.15, -0.1) is 11.3 Å². The quantitative estimate of drug-likeness (QED) is 0.227. The van der Waals surface area contributed by atoms with Crippen molar-refractivity contribution in [3.05, 3.63) is 59.6 Å². The zero-order valence-electron chi connectivity index (χ0n) is 18.2. The smallest absolute Gasteiger partial charge is 0.275 e. The van der Waals surface area contributed by atoms with Crippen molar-refractivity contribution >= 4 is 34.8 Å². The van der Waals surface area contributed by atoms with Gasteiger partial charge in [-0.3, -0.25) is 14.9 Å². The minimum atomic E-state index is -0.796. The number of aromatic amines is 1. The van der Waals surface area contributed by atoms with Gasteiger partial charge in [0.1, 0.15) is 10.7 Å². The number of thiazole rings is 1. The third-order valence-corrected chi connectivity index (χ3v) is 5.73. The molecule has 9 nitrogen and oxygen atoms in total. The van der Waals surface area contributed by atoms with Crippen LogP contribution in [-0.2, 0) is 0 Å². The maximum absolute atomic E-state index is 13.0. The van der Waals surface area contributed by atoms with Crippen molar-refractivity contribution in [3.63, 3.8) is 0 Å². The second kappa shape index (κ2) is 9.39. The number of nitrogens with one attached hydrogen (secondary N) is 2. The maximum atomic E-state index is 13.0. The number of carbonyl (C=O) groups is 1. The fraction of sp³-hybridized carbons (Fsp3) is 0.217. The molecule has 4 aromatic rings. The van der Waals surface area contributed by atoms with Gasteiger partial charge in [-0.05, 0) is 44.5 Å². The molecule has 0 aliphatic rings. The lowest BCUT2D eigenvalue weighted by Crippen LogP contribution is -2.19. The number of amides is 1. The lowest BCUT2D eigenvalue weighted by Gasteiger charge is -2.15. The summed E-state index contributed by atoms with van der Waals surface area (Å²) in [6, 6.07) is 7.13. The van der Waals surface area contributed by atoms with Crippen molar-refractivity contribution in [1.29, 1.82) is 0 Å². The summed E-state index contributed by atoms with van der Waals surface area (Å²) >= 11 is 1.35. The van der Waals surface area contributed by atoms with Gasteiger partial charge in [0.2, 0.25) is 0 Å². The van der Waals surface area contributed by atoms with Crippen LogP contribution in [0.1, 0.15) is 36.3 Å². The van der Waals surface area contributed by atoms with E-state index in [9.17, 15) is 9.90 Å². The van der Waals surface area contributed by atoms with Crippen LogP contribution >= 0.6 is 11.3 Å². The molecule has 0 fully saturated rings. The van der Waals surface area contributed by atoms with Gasteiger partial charge in [0.05, 0.1) is 23.8 Å². The van der Waals surface area contributed by atoms with Crippen molar-refractivity contribution in [2.24, 2.45) is 4.99 Å². The molecule has 33 heavy (non-hydrogen) atoms. The van der Waals surface area contributed by atoms with Crippen LogP contribution in [0.4, 0.5) is 11.4 Å². The number of hydrogen-bond donors (Lipinski definition) is 4. The summed E-state index contributed by atoms with van der Waals surface area (Å²) in [6.07, 6.45) is 6.94. The van der Waals surface area contributed by atoms with E-state index in [4.69, 9.17) is 10.2 Å². The Labute approximate surface area is 194 Å². The molecule has 3 aromatic heterocycles. The van der Waals surface area contributed by atoms with E-state index in [-0.39, 0.29) is 5.91 Å². The zero-order valence-corrected chi connectivity index (χ0v) is 19.0. The Morgan fingerprint density at radius 2 is 2.24 bits per heavy atom. The third kappa shape index (κ3) is 5.54. The molecule has 0 atom stereocenters. The molecule has 0 radical (unpaired) electrons. The highest BCUT2D eigenvalue weighted by Crippen LogP contribution is 2.33. The number of aliphatic hydroxyl groups is 1. The SMILES string of the molecule is CC(C)(O)CCN=Cc1cc(NC(=O)c2csc(-c3ccn[nH]3)n2)c(-c2ccoc2)cc1N. The van der Waals surface area contributed by atoms with Gasteiger partial charge in [-0.25, -0.2) is 4.98 Å². The Balaban J connectivity index is 1.61. The van der Waals surface area contributed by atoms with Gasteiger partial charge < -0.3 is 20.6 Å². The summed E-state index contributed by atoms with van der Waals surface area (Å²) in [6.45, 7) is 3.92. The van der Waals surface area contributed by atoms with Gasteiger partial charge in [0.15, 0.2) is 0 Å². The van der Waals surface area contributed by atoms with Gasteiger partial charge in [-0.1, -0.05) is 0 Å². The number of carbonyl (C=O) groups excluding carboxylic acids is 1. The van der Waals surface area contributed by atoms with Crippen molar-refractivity contribution < 1.29 is 14.3 Å². The van der Waals surface area contributed by atoms with Crippen molar-refractivity contribution in [1.82, 2.24) is 15.2 Å². The molecule has 0 aliphatic heterocycles. The summed E-state index contributed by atoms with van der Waals surface area (Å²) in [5.74, 6) is -0.351. The van der Waals surface area contributed by atoms with Crippen LogP contribution in [0, 0.1) is 0 Å². The number of furan rings is 1. The molecule has 5 N–H and O–H groups in total. The molecule has 4 rings (SSSR count). The summed E-state index contributed by atoms with van der Waals surface area (Å²) in [4.78, 5) is 21.8. The molecule has 10 heteroatoms. The van der Waals surface area contributed by atoms with Gasteiger partial charge >= 0.3 is 0 Å². The van der Waals surface area contributed by atoms with E-state index in [2.05, 4.69) is 25.5 Å². The number of hydrogen-bond acceptors (Lipinski definition) is 8. The Hall–Kier alpha value is -3.76. The largest absolute Gasteiger partial charge is 0.472 e. The molecule has 0 aliphatic carbocycles. The fourth-order valence-electron chi connectivity index (χ4n) is 3.07. The van der Waals surface area contributed by atoms with Crippen molar-refractivity contribution in [2.45, 2.75) is 25.9 Å². The number of H-pyrrole nitrogens is 1. The van der Waals surface area contributed by atoms with E-state index in [0.717, 1.165) is 11.3 Å². The Bertz CT molecular complexity index is 1250. The fourth-order valence-corrected chi connectivity index (χ4v) is 3.84. The summed E-state index contributed by atoms with van der Waals surface area (Å²) in [7, 11) is 0. The Morgan fingerprint density at radius 3 is 2.94 bits per heavy atom. The van der Waals surface area contributed by atoms with E-state index in [0.29, 0.717) is 46.2 Å². The summed E-state index contributed by atoms with van der Waals surface area (Å²) < 4.78 is 5.22. The number of anilines is 2. The molecule has 0 spiro atoms. The third-order valence-electron chi connectivity index (χ3n) is 4.85. The maximum Gasteiger partial charge on any atom is 0.275 e. The van der Waals surface area contributed by atoms with Crippen LogP contribution in [0.2, 0.25) is 0 Å². The first-order valence-electron chi connectivity index (χ1n) is 10.2. The summed E-state index contributed by atoms with van der Waals surface area (Å²) in [5.41, 5.74) is 9.71. The van der Waals surface area contributed by atoms with E-state index in [1.54, 1.807) is 68.4 Å². The average molecular weight is 465 g/mol. The van der Waals surface area contributed by atoms with Gasteiger partial charge in [0, 0.05) is 52.4 Å². The lowest BCUT2D eigenvalue weighted by atomic mass is 10.0. The zero-order chi connectivity index (χ0) is 23.4. The molecule has 0 saturated heterocycles. The van der Waals surface area contributed by atoms with Crippen LogP contribution in [-0.4, -0.2) is 44.6 Å². The normalized spacial score (nSPS) is 11.8. The second-order valence-corrected chi connectivity index (χ2v) is 8.96. The standard InChI is InChI=1S/C23H24N6O3S/c1-23(2,31)5-7-25-11-15-9-19(16(10-17(15)24)14-4-8-32-12-14)27-21(30)20-13-33-22(28-20)18-3-6-26-29-18/h3-4,6,8-13,31H,5,7,24H2,1-2H3,(H,26,29)(H,27,30). The van der Waals surface area contributed by atoms with E-state index in [1.807, 2.05) is 0 Å². The molecule has 3 heterocycles. The van der Waals surface area contributed by atoms with Crippen LogP contribution in [0.5, 0.6) is 0 Å². The second-order valence-electron chi connectivity index (χ2n) is 8.10. The number of aliphatic imine (C=N–C) groups is 1. The molecule has 1 aromatic carbocycles. The summed E-state index contributed by atoms with van der Waals surface area (Å²) in [5, 5.41) is 21.9. The number of nitrogen functional groups attached to an aromatic ring is 1. The minimum Gasteiger partial charge on any atom is -0.472 e. The number of nitrogens with zero attached hydrogens (tertiary/aromatic N) is 3. The predicted molar refractivity (Wildman–Crippen MR) is 130 cm³/mol.